The van der Waals surface area contributed by atoms with Gasteiger partial charge in [0.2, 0.25) is 0 Å². The maximum absolute atomic E-state index is 11.0. The van der Waals surface area contributed by atoms with Crippen molar-refractivity contribution in [1.29, 1.82) is 0 Å². The summed E-state index contributed by atoms with van der Waals surface area (Å²) >= 11 is 0. The van der Waals surface area contributed by atoms with Crippen molar-refractivity contribution < 1.29 is 19.0 Å². The summed E-state index contributed by atoms with van der Waals surface area (Å²) in [5.74, 6) is -0.533. The molecule has 2 rings (SSSR count). The molecule has 1 heterocycles. The van der Waals surface area contributed by atoms with Crippen LogP contribution in [0.1, 0.15) is 45.4 Å². The number of ether oxygens (including phenoxy) is 3. The van der Waals surface area contributed by atoms with Crippen LogP contribution < -0.4 is 0 Å². The molecule has 1 saturated carbocycles. The third-order valence-corrected chi connectivity index (χ3v) is 3.25. The van der Waals surface area contributed by atoms with Gasteiger partial charge >= 0.3 is 5.97 Å². The molecule has 4 nitrogen and oxygen atoms in total. The zero-order chi connectivity index (χ0) is 11.4. The van der Waals surface area contributed by atoms with Crippen LogP contribution in [-0.2, 0) is 19.0 Å². The van der Waals surface area contributed by atoms with E-state index < -0.39 is 0 Å². The van der Waals surface area contributed by atoms with Crippen molar-refractivity contribution in [3.63, 3.8) is 0 Å². The molecule has 2 aliphatic rings. The van der Waals surface area contributed by atoms with Gasteiger partial charge in [0.05, 0.1) is 6.61 Å². The quantitative estimate of drug-likeness (QED) is 0.693. The highest BCUT2D eigenvalue weighted by Gasteiger charge is 2.42. The molecule has 0 aromatic carbocycles. The van der Waals surface area contributed by atoms with Gasteiger partial charge in [-0.2, -0.15) is 0 Å². The topological polar surface area (TPSA) is 44.8 Å². The van der Waals surface area contributed by atoms with Crippen molar-refractivity contribution in [2.24, 2.45) is 0 Å². The van der Waals surface area contributed by atoms with Crippen LogP contribution in [0, 0.1) is 0 Å². The first-order valence-electron chi connectivity index (χ1n) is 6.21. The van der Waals surface area contributed by atoms with Crippen LogP contribution in [0.25, 0.3) is 0 Å². The van der Waals surface area contributed by atoms with Crippen LogP contribution in [-0.4, -0.2) is 31.1 Å². The highest BCUT2D eigenvalue weighted by molar-refractivity contribution is 5.68. The van der Waals surface area contributed by atoms with Crippen molar-refractivity contribution in [3.05, 3.63) is 0 Å². The first kappa shape index (κ1) is 11.9. The summed E-state index contributed by atoms with van der Waals surface area (Å²) < 4.78 is 16.7. The molecule has 0 unspecified atom stereocenters. The lowest BCUT2D eigenvalue weighted by atomic mass is 9.94. The second-order valence-corrected chi connectivity index (χ2v) is 4.56. The van der Waals surface area contributed by atoms with Crippen molar-refractivity contribution in [2.75, 3.05) is 13.2 Å². The minimum Gasteiger partial charge on any atom is -0.463 e. The Morgan fingerprint density at radius 3 is 2.81 bits per heavy atom. The molecule has 0 aromatic heterocycles. The molecule has 1 saturated heterocycles. The molecule has 1 aliphatic carbocycles. The molecule has 0 radical (unpaired) electrons. The van der Waals surface area contributed by atoms with Crippen molar-refractivity contribution in [1.82, 2.24) is 0 Å². The number of rotatable bonds is 3. The van der Waals surface area contributed by atoms with Crippen LogP contribution in [0.4, 0.5) is 0 Å². The minimum absolute atomic E-state index is 0.0754. The Hall–Kier alpha value is -0.610. The van der Waals surface area contributed by atoms with E-state index in [1.54, 1.807) is 6.92 Å². The smallest absolute Gasteiger partial charge is 0.305 e. The van der Waals surface area contributed by atoms with E-state index in [1.165, 1.54) is 19.3 Å². The van der Waals surface area contributed by atoms with Crippen LogP contribution in [0.2, 0.25) is 0 Å². The summed E-state index contributed by atoms with van der Waals surface area (Å²) in [6, 6.07) is 0. The third-order valence-electron chi connectivity index (χ3n) is 3.25. The van der Waals surface area contributed by atoms with E-state index in [9.17, 15) is 4.79 Å². The molecular formula is C12H20O4. The Balaban J connectivity index is 1.76. The SMILES string of the molecule is CCC(=O)OC[C@H]1COC2(CCCCC2)O1. The van der Waals surface area contributed by atoms with Crippen LogP contribution in [0.5, 0.6) is 0 Å². The zero-order valence-electron chi connectivity index (χ0n) is 9.87. The molecule has 1 atom stereocenters. The Labute approximate surface area is 96.2 Å². The summed E-state index contributed by atoms with van der Waals surface area (Å²) in [5, 5.41) is 0. The summed E-state index contributed by atoms with van der Waals surface area (Å²) in [6.45, 7) is 2.67. The molecule has 16 heavy (non-hydrogen) atoms. The predicted molar refractivity (Wildman–Crippen MR) is 57.9 cm³/mol. The molecule has 0 aromatic rings. The number of hydrogen-bond donors (Lipinski definition) is 0. The molecule has 4 heteroatoms. The Bertz CT molecular complexity index is 245. The summed E-state index contributed by atoms with van der Waals surface area (Å²) in [4.78, 5) is 11.0. The maximum Gasteiger partial charge on any atom is 0.305 e. The maximum atomic E-state index is 11.0. The highest BCUT2D eigenvalue weighted by Crippen LogP contribution is 2.37. The largest absolute Gasteiger partial charge is 0.463 e. The second-order valence-electron chi connectivity index (χ2n) is 4.56. The molecule has 0 N–H and O–H groups in total. The van der Waals surface area contributed by atoms with Crippen molar-refractivity contribution in [3.8, 4) is 0 Å². The fourth-order valence-corrected chi connectivity index (χ4v) is 2.34. The van der Waals surface area contributed by atoms with E-state index in [-0.39, 0.29) is 17.9 Å². The number of carbonyl (C=O) groups is 1. The van der Waals surface area contributed by atoms with Gasteiger partial charge < -0.3 is 14.2 Å². The first-order chi connectivity index (χ1) is 7.74. The van der Waals surface area contributed by atoms with Crippen molar-refractivity contribution in [2.45, 2.75) is 57.3 Å². The summed E-state index contributed by atoms with van der Waals surface area (Å²) in [5.41, 5.74) is 0. The summed E-state index contributed by atoms with van der Waals surface area (Å²) in [7, 11) is 0. The van der Waals surface area contributed by atoms with Crippen LogP contribution in [0.3, 0.4) is 0 Å². The molecule has 1 spiro atoms. The van der Waals surface area contributed by atoms with E-state index >= 15 is 0 Å². The molecule has 92 valence electrons. The molecule has 1 aliphatic heterocycles. The van der Waals surface area contributed by atoms with Gasteiger partial charge in [-0.1, -0.05) is 13.3 Å². The van der Waals surface area contributed by atoms with Crippen molar-refractivity contribution >= 4 is 5.97 Å². The van der Waals surface area contributed by atoms with E-state index in [2.05, 4.69) is 0 Å². The Morgan fingerprint density at radius 1 is 1.38 bits per heavy atom. The van der Waals surface area contributed by atoms with E-state index in [0.717, 1.165) is 12.8 Å². The summed E-state index contributed by atoms with van der Waals surface area (Å²) in [6.07, 6.45) is 5.90. The fraction of sp³-hybridized carbons (Fsp3) is 0.917. The van der Waals surface area contributed by atoms with Gasteiger partial charge in [0.15, 0.2) is 5.79 Å². The van der Waals surface area contributed by atoms with E-state index in [4.69, 9.17) is 14.2 Å². The molecule has 0 bridgehead atoms. The highest BCUT2D eigenvalue weighted by atomic mass is 16.8. The number of esters is 1. The van der Waals surface area contributed by atoms with Gasteiger partial charge in [-0.15, -0.1) is 0 Å². The van der Waals surface area contributed by atoms with Crippen LogP contribution in [0.15, 0.2) is 0 Å². The normalized spacial score (nSPS) is 28.2. The molecular weight excluding hydrogens is 208 g/mol. The lowest BCUT2D eigenvalue weighted by Gasteiger charge is -2.31. The first-order valence-corrected chi connectivity index (χ1v) is 6.21. The predicted octanol–water partition coefficient (Wildman–Crippen LogP) is 2.02. The number of carbonyl (C=O) groups excluding carboxylic acids is 1. The average molecular weight is 228 g/mol. The molecule has 2 fully saturated rings. The number of hydrogen-bond acceptors (Lipinski definition) is 4. The fourth-order valence-electron chi connectivity index (χ4n) is 2.34. The van der Waals surface area contributed by atoms with Gasteiger partial charge in [0, 0.05) is 19.3 Å². The van der Waals surface area contributed by atoms with Gasteiger partial charge in [0.25, 0.3) is 0 Å². The van der Waals surface area contributed by atoms with Crippen LogP contribution >= 0.6 is 0 Å². The van der Waals surface area contributed by atoms with Gasteiger partial charge in [-0.05, 0) is 12.8 Å². The standard InChI is InChI=1S/C12H20O4/c1-2-11(13)14-8-10-9-15-12(16-10)6-4-3-5-7-12/h10H,2-9H2,1H3/t10-/m0/s1. The average Bonchev–Trinajstić information content (AvgIpc) is 2.70. The van der Waals surface area contributed by atoms with E-state index in [1.807, 2.05) is 0 Å². The molecule has 0 amide bonds. The Morgan fingerprint density at radius 2 is 2.12 bits per heavy atom. The Kier molecular flexibility index (Phi) is 3.82. The minimum atomic E-state index is -0.360. The lowest BCUT2D eigenvalue weighted by Crippen LogP contribution is -2.34. The monoisotopic (exact) mass is 228 g/mol. The second kappa shape index (κ2) is 5.15. The lowest BCUT2D eigenvalue weighted by molar-refractivity contribution is -0.192. The third kappa shape index (κ3) is 2.74. The van der Waals surface area contributed by atoms with Gasteiger partial charge in [-0.25, -0.2) is 0 Å². The van der Waals surface area contributed by atoms with E-state index in [0.29, 0.717) is 19.6 Å². The van der Waals surface area contributed by atoms with Gasteiger partial charge in [-0.3, -0.25) is 4.79 Å². The van der Waals surface area contributed by atoms with Gasteiger partial charge in [0.1, 0.15) is 12.7 Å². The zero-order valence-corrected chi connectivity index (χ0v) is 9.87.